The lowest BCUT2D eigenvalue weighted by Crippen LogP contribution is -2.33. The van der Waals surface area contributed by atoms with Crippen molar-refractivity contribution in [3.63, 3.8) is 0 Å². The predicted octanol–water partition coefficient (Wildman–Crippen LogP) is 2.22. The SMILES string of the molecule is COC(=O)CC(C)SC(C)C(=O)NCCC(C)C. The summed E-state index contributed by atoms with van der Waals surface area (Å²) in [5.74, 6) is 0.395. The second-order valence-electron chi connectivity index (χ2n) is 4.84. The van der Waals surface area contributed by atoms with Gasteiger partial charge in [0.15, 0.2) is 0 Å². The first-order valence-corrected chi connectivity index (χ1v) is 7.31. The van der Waals surface area contributed by atoms with Crippen molar-refractivity contribution in [1.82, 2.24) is 5.32 Å². The average molecular weight is 275 g/mol. The van der Waals surface area contributed by atoms with E-state index in [1.807, 2.05) is 13.8 Å². The number of carbonyl (C=O) groups is 2. The van der Waals surface area contributed by atoms with Gasteiger partial charge in [-0.15, -0.1) is 11.8 Å². The summed E-state index contributed by atoms with van der Waals surface area (Å²) in [5.41, 5.74) is 0. The van der Waals surface area contributed by atoms with Crippen molar-refractivity contribution < 1.29 is 14.3 Å². The van der Waals surface area contributed by atoms with E-state index in [-0.39, 0.29) is 22.4 Å². The molecule has 0 aromatic rings. The van der Waals surface area contributed by atoms with E-state index in [0.29, 0.717) is 18.9 Å². The van der Waals surface area contributed by atoms with Crippen molar-refractivity contribution in [3.8, 4) is 0 Å². The number of hydrogen-bond donors (Lipinski definition) is 1. The summed E-state index contributed by atoms with van der Waals surface area (Å²) in [7, 11) is 1.38. The van der Waals surface area contributed by atoms with Crippen LogP contribution in [0, 0.1) is 5.92 Å². The molecule has 0 aliphatic carbocycles. The quantitative estimate of drug-likeness (QED) is 0.690. The lowest BCUT2D eigenvalue weighted by Gasteiger charge is -2.16. The van der Waals surface area contributed by atoms with E-state index < -0.39 is 0 Å². The number of rotatable bonds is 8. The van der Waals surface area contributed by atoms with E-state index >= 15 is 0 Å². The maximum atomic E-state index is 11.8. The van der Waals surface area contributed by atoms with Gasteiger partial charge in [-0.05, 0) is 19.3 Å². The highest BCUT2D eigenvalue weighted by atomic mass is 32.2. The van der Waals surface area contributed by atoms with E-state index in [1.54, 1.807) is 0 Å². The summed E-state index contributed by atoms with van der Waals surface area (Å²) >= 11 is 1.50. The summed E-state index contributed by atoms with van der Waals surface area (Å²) in [5, 5.41) is 2.86. The van der Waals surface area contributed by atoms with Gasteiger partial charge >= 0.3 is 5.97 Å². The largest absolute Gasteiger partial charge is 0.469 e. The molecule has 0 bridgehead atoms. The molecule has 2 unspecified atom stereocenters. The smallest absolute Gasteiger partial charge is 0.306 e. The van der Waals surface area contributed by atoms with Crippen molar-refractivity contribution in [2.45, 2.75) is 51.0 Å². The van der Waals surface area contributed by atoms with Crippen molar-refractivity contribution in [2.75, 3.05) is 13.7 Å². The minimum absolute atomic E-state index is 0.0392. The fraction of sp³-hybridized carbons (Fsp3) is 0.846. The van der Waals surface area contributed by atoms with Gasteiger partial charge in [-0.3, -0.25) is 9.59 Å². The van der Waals surface area contributed by atoms with Crippen molar-refractivity contribution >= 4 is 23.6 Å². The molecule has 0 rings (SSSR count). The summed E-state index contributed by atoms with van der Waals surface area (Å²) < 4.78 is 4.60. The maximum absolute atomic E-state index is 11.8. The first kappa shape index (κ1) is 17.3. The Hall–Kier alpha value is -0.710. The van der Waals surface area contributed by atoms with E-state index in [4.69, 9.17) is 0 Å². The number of amides is 1. The molecule has 0 aromatic carbocycles. The van der Waals surface area contributed by atoms with Crippen LogP contribution in [0.25, 0.3) is 0 Å². The molecule has 18 heavy (non-hydrogen) atoms. The molecule has 0 aromatic heterocycles. The standard InChI is InChI=1S/C13H25NO3S/c1-9(2)6-7-14-13(16)11(4)18-10(3)8-12(15)17-5/h9-11H,6-8H2,1-5H3,(H,14,16). The highest BCUT2D eigenvalue weighted by Gasteiger charge is 2.18. The Morgan fingerprint density at radius 3 is 2.33 bits per heavy atom. The Balaban J connectivity index is 3.89. The molecule has 0 saturated heterocycles. The van der Waals surface area contributed by atoms with Gasteiger partial charge in [-0.1, -0.05) is 20.8 Å². The van der Waals surface area contributed by atoms with Crippen LogP contribution < -0.4 is 5.32 Å². The van der Waals surface area contributed by atoms with Gasteiger partial charge in [0.1, 0.15) is 0 Å². The van der Waals surface area contributed by atoms with Gasteiger partial charge in [-0.25, -0.2) is 0 Å². The number of esters is 1. The highest BCUT2D eigenvalue weighted by Crippen LogP contribution is 2.20. The fourth-order valence-corrected chi connectivity index (χ4v) is 2.54. The molecule has 0 aliphatic rings. The molecule has 5 heteroatoms. The van der Waals surface area contributed by atoms with Crippen molar-refractivity contribution in [2.24, 2.45) is 5.92 Å². The van der Waals surface area contributed by atoms with Crippen molar-refractivity contribution in [1.29, 1.82) is 0 Å². The van der Waals surface area contributed by atoms with Crippen LogP contribution in [0.2, 0.25) is 0 Å². The fourth-order valence-electron chi connectivity index (χ4n) is 1.40. The molecule has 106 valence electrons. The number of methoxy groups -OCH3 is 1. The normalized spacial score (nSPS) is 14.1. The summed E-state index contributed by atoms with van der Waals surface area (Å²) in [6, 6.07) is 0. The zero-order valence-electron chi connectivity index (χ0n) is 12.0. The summed E-state index contributed by atoms with van der Waals surface area (Å²) in [4.78, 5) is 22.9. The summed E-state index contributed by atoms with van der Waals surface area (Å²) in [6.45, 7) is 8.76. The van der Waals surface area contributed by atoms with Crippen LogP contribution in [-0.4, -0.2) is 36.0 Å². The molecule has 4 nitrogen and oxygen atoms in total. The minimum atomic E-state index is -0.234. The van der Waals surface area contributed by atoms with Crippen LogP contribution in [0.15, 0.2) is 0 Å². The third-order valence-corrected chi connectivity index (χ3v) is 3.76. The lowest BCUT2D eigenvalue weighted by atomic mass is 10.1. The lowest BCUT2D eigenvalue weighted by molar-refractivity contribution is -0.140. The molecule has 1 amide bonds. The van der Waals surface area contributed by atoms with Gasteiger partial charge < -0.3 is 10.1 Å². The maximum Gasteiger partial charge on any atom is 0.306 e. The Morgan fingerprint density at radius 1 is 1.22 bits per heavy atom. The molecular formula is C13H25NO3S. The van der Waals surface area contributed by atoms with Gasteiger partial charge in [-0.2, -0.15) is 0 Å². The number of carbonyl (C=O) groups excluding carboxylic acids is 2. The second-order valence-corrected chi connectivity index (χ2v) is 6.63. The predicted molar refractivity (Wildman–Crippen MR) is 75.6 cm³/mol. The third kappa shape index (κ3) is 8.39. The Bertz CT molecular complexity index is 269. The molecular weight excluding hydrogens is 250 g/mol. The van der Waals surface area contributed by atoms with Crippen LogP contribution in [-0.2, 0) is 14.3 Å². The Morgan fingerprint density at radius 2 is 1.83 bits per heavy atom. The van der Waals surface area contributed by atoms with Crippen LogP contribution in [0.5, 0.6) is 0 Å². The van der Waals surface area contributed by atoms with Gasteiger partial charge in [0.25, 0.3) is 0 Å². The van der Waals surface area contributed by atoms with Crippen LogP contribution in [0.3, 0.4) is 0 Å². The zero-order chi connectivity index (χ0) is 14.1. The molecule has 0 saturated carbocycles. The highest BCUT2D eigenvalue weighted by molar-refractivity contribution is 8.01. The molecule has 0 fully saturated rings. The average Bonchev–Trinajstić information content (AvgIpc) is 2.27. The van der Waals surface area contributed by atoms with Gasteiger partial charge in [0.05, 0.1) is 18.8 Å². The number of nitrogens with one attached hydrogen (secondary N) is 1. The topological polar surface area (TPSA) is 55.4 Å². The van der Waals surface area contributed by atoms with E-state index in [0.717, 1.165) is 6.42 Å². The van der Waals surface area contributed by atoms with E-state index in [2.05, 4.69) is 23.9 Å². The van der Waals surface area contributed by atoms with Crippen molar-refractivity contribution in [3.05, 3.63) is 0 Å². The van der Waals surface area contributed by atoms with Gasteiger partial charge in [0, 0.05) is 11.8 Å². The summed E-state index contributed by atoms with van der Waals surface area (Å²) in [6.07, 6.45) is 1.33. The molecule has 0 aliphatic heterocycles. The third-order valence-electron chi connectivity index (χ3n) is 2.51. The molecule has 0 heterocycles. The van der Waals surface area contributed by atoms with Crippen LogP contribution in [0.4, 0.5) is 0 Å². The number of thioether (sulfide) groups is 1. The molecule has 2 atom stereocenters. The number of ether oxygens (including phenoxy) is 1. The Kier molecular flexibility index (Phi) is 8.89. The first-order valence-electron chi connectivity index (χ1n) is 6.36. The van der Waals surface area contributed by atoms with E-state index in [1.165, 1.54) is 18.9 Å². The second kappa shape index (κ2) is 9.25. The van der Waals surface area contributed by atoms with E-state index in [9.17, 15) is 9.59 Å². The molecule has 0 radical (unpaired) electrons. The monoisotopic (exact) mass is 275 g/mol. The Labute approximate surface area is 114 Å². The van der Waals surface area contributed by atoms with Crippen LogP contribution in [0.1, 0.15) is 40.5 Å². The molecule has 0 spiro atoms. The van der Waals surface area contributed by atoms with Crippen LogP contribution >= 0.6 is 11.8 Å². The molecule has 1 N–H and O–H groups in total. The van der Waals surface area contributed by atoms with Gasteiger partial charge in [0.2, 0.25) is 5.91 Å². The zero-order valence-corrected chi connectivity index (χ0v) is 12.8. The number of hydrogen-bond acceptors (Lipinski definition) is 4. The first-order chi connectivity index (χ1) is 8.36. The minimum Gasteiger partial charge on any atom is -0.469 e.